The summed E-state index contributed by atoms with van der Waals surface area (Å²) in [6.07, 6.45) is 2.92. The van der Waals surface area contributed by atoms with Gasteiger partial charge in [0.2, 0.25) is 5.91 Å². The van der Waals surface area contributed by atoms with Crippen molar-refractivity contribution in [3.05, 3.63) is 0 Å². The van der Waals surface area contributed by atoms with Crippen LogP contribution in [0, 0.1) is 0 Å². The molecular formula is C11H19NO3. The third-order valence-corrected chi connectivity index (χ3v) is 2.60. The average Bonchev–Trinajstić information content (AvgIpc) is 2.73. The number of esters is 1. The van der Waals surface area contributed by atoms with Crippen LogP contribution in [0.25, 0.3) is 0 Å². The van der Waals surface area contributed by atoms with Gasteiger partial charge in [-0.05, 0) is 19.3 Å². The minimum Gasteiger partial charge on any atom is -0.464 e. The number of ether oxygens (including phenoxy) is 1. The van der Waals surface area contributed by atoms with Crippen molar-refractivity contribution in [1.82, 2.24) is 4.90 Å². The molecular weight excluding hydrogens is 194 g/mol. The minimum absolute atomic E-state index is 0.0472. The lowest BCUT2D eigenvalue weighted by atomic mass is 10.2. The van der Waals surface area contributed by atoms with Crippen LogP contribution in [0.2, 0.25) is 0 Å². The second-order valence-corrected chi connectivity index (χ2v) is 3.77. The SMILES string of the molecule is CCCOC(=O)C1CCCN1C(=O)CC. The van der Waals surface area contributed by atoms with Gasteiger partial charge in [-0.3, -0.25) is 4.79 Å². The zero-order valence-electron chi connectivity index (χ0n) is 9.49. The van der Waals surface area contributed by atoms with E-state index in [0.29, 0.717) is 19.6 Å². The van der Waals surface area contributed by atoms with E-state index in [0.717, 1.165) is 19.3 Å². The molecule has 0 aromatic carbocycles. The summed E-state index contributed by atoms with van der Waals surface area (Å²) in [6, 6.07) is -0.330. The predicted molar refractivity (Wildman–Crippen MR) is 56.3 cm³/mol. The van der Waals surface area contributed by atoms with Crippen molar-refractivity contribution in [2.24, 2.45) is 0 Å². The van der Waals surface area contributed by atoms with Crippen molar-refractivity contribution >= 4 is 11.9 Å². The zero-order valence-corrected chi connectivity index (χ0v) is 9.49. The molecule has 86 valence electrons. The van der Waals surface area contributed by atoms with Gasteiger partial charge < -0.3 is 9.64 Å². The standard InChI is InChI=1S/C11H19NO3/c1-3-8-15-11(14)9-6-5-7-12(9)10(13)4-2/h9H,3-8H2,1-2H3. The van der Waals surface area contributed by atoms with Crippen molar-refractivity contribution in [3.8, 4) is 0 Å². The van der Waals surface area contributed by atoms with E-state index in [1.54, 1.807) is 4.90 Å². The summed E-state index contributed by atoms with van der Waals surface area (Å²) in [5.41, 5.74) is 0. The summed E-state index contributed by atoms with van der Waals surface area (Å²) >= 11 is 0. The fourth-order valence-corrected chi connectivity index (χ4v) is 1.81. The van der Waals surface area contributed by atoms with E-state index in [1.807, 2.05) is 13.8 Å². The Hall–Kier alpha value is -1.06. The van der Waals surface area contributed by atoms with Gasteiger partial charge in [-0.15, -0.1) is 0 Å². The number of carbonyl (C=O) groups excluding carboxylic acids is 2. The van der Waals surface area contributed by atoms with E-state index < -0.39 is 0 Å². The van der Waals surface area contributed by atoms with Crippen LogP contribution < -0.4 is 0 Å². The number of hydrogen-bond donors (Lipinski definition) is 0. The second-order valence-electron chi connectivity index (χ2n) is 3.77. The summed E-state index contributed by atoms with van der Waals surface area (Å²) in [5, 5.41) is 0. The van der Waals surface area contributed by atoms with Gasteiger partial charge in [-0.2, -0.15) is 0 Å². The largest absolute Gasteiger partial charge is 0.464 e. The van der Waals surface area contributed by atoms with Gasteiger partial charge in [0, 0.05) is 13.0 Å². The molecule has 0 aromatic rings. The Bertz CT molecular complexity index is 240. The van der Waals surface area contributed by atoms with Gasteiger partial charge in [0.1, 0.15) is 6.04 Å². The lowest BCUT2D eigenvalue weighted by molar-refractivity contribution is -0.153. The maximum Gasteiger partial charge on any atom is 0.328 e. The highest BCUT2D eigenvalue weighted by atomic mass is 16.5. The fraction of sp³-hybridized carbons (Fsp3) is 0.818. The summed E-state index contributed by atoms with van der Waals surface area (Å²) < 4.78 is 5.07. The number of likely N-dealkylation sites (tertiary alicyclic amines) is 1. The molecule has 1 unspecified atom stereocenters. The quantitative estimate of drug-likeness (QED) is 0.662. The number of nitrogens with zero attached hydrogens (tertiary/aromatic N) is 1. The Balaban J connectivity index is 2.52. The molecule has 15 heavy (non-hydrogen) atoms. The predicted octanol–water partition coefficient (Wildman–Crippen LogP) is 1.34. The highest BCUT2D eigenvalue weighted by Crippen LogP contribution is 2.19. The normalized spacial score (nSPS) is 20.4. The zero-order chi connectivity index (χ0) is 11.3. The van der Waals surface area contributed by atoms with Crippen molar-refractivity contribution in [1.29, 1.82) is 0 Å². The molecule has 1 amide bonds. The molecule has 1 saturated heterocycles. The maximum absolute atomic E-state index is 11.6. The van der Waals surface area contributed by atoms with E-state index in [2.05, 4.69) is 0 Å². The smallest absolute Gasteiger partial charge is 0.328 e. The van der Waals surface area contributed by atoms with Crippen molar-refractivity contribution < 1.29 is 14.3 Å². The van der Waals surface area contributed by atoms with E-state index in [4.69, 9.17) is 4.74 Å². The second kappa shape index (κ2) is 5.73. The van der Waals surface area contributed by atoms with Crippen LogP contribution in [-0.4, -0.2) is 36.0 Å². The number of carbonyl (C=O) groups is 2. The molecule has 0 N–H and O–H groups in total. The first-order valence-electron chi connectivity index (χ1n) is 5.66. The van der Waals surface area contributed by atoms with Crippen LogP contribution in [0.5, 0.6) is 0 Å². The van der Waals surface area contributed by atoms with Gasteiger partial charge in [0.05, 0.1) is 6.61 Å². The molecule has 1 heterocycles. The van der Waals surface area contributed by atoms with E-state index >= 15 is 0 Å². The molecule has 4 heteroatoms. The highest BCUT2D eigenvalue weighted by molar-refractivity contribution is 5.85. The summed E-state index contributed by atoms with van der Waals surface area (Å²) in [4.78, 5) is 24.8. The summed E-state index contributed by atoms with van der Waals surface area (Å²) in [7, 11) is 0. The molecule has 0 bridgehead atoms. The highest BCUT2D eigenvalue weighted by Gasteiger charge is 2.34. The Kier molecular flexibility index (Phi) is 4.59. The van der Waals surface area contributed by atoms with E-state index in [1.165, 1.54) is 0 Å². The number of amides is 1. The van der Waals surface area contributed by atoms with Crippen LogP contribution in [0.3, 0.4) is 0 Å². The third kappa shape index (κ3) is 2.94. The monoisotopic (exact) mass is 213 g/mol. The molecule has 1 aliphatic heterocycles. The van der Waals surface area contributed by atoms with Gasteiger partial charge in [0.15, 0.2) is 0 Å². The lowest BCUT2D eigenvalue weighted by Crippen LogP contribution is -2.41. The molecule has 1 rings (SSSR count). The average molecular weight is 213 g/mol. The summed E-state index contributed by atoms with van der Waals surface area (Å²) in [5.74, 6) is -0.193. The molecule has 0 radical (unpaired) electrons. The first-order chi connectivity index (χ1) is 7.20. The van der Waals surface area contributed by atoms with Crippen molar-refractivity contribution in [2.45, 2.75) is 45.6 Å². The first kappa shape index (κ1) is 12.0. The fourth-order valence-electron chi connectivity index (χ4n) is 1.81. The maximum atomic E-state index is 11.6. The van der Waals surface area contributed by atoms with E-state index in [-0.39, 0.29) is 17.9 Å². The van der Waals surface area contributed by atoms with Crippen molar-refractivity contribution in [2.75, 3.05) is 13.2 Å². The molecule has 1 aliphatic rings. The topological polar surface area (TPSA) is 46.6 Å². The molecule has 0 aliphatic carbocycles. The molecule has 1 atom stereocenters. The minimum atomic E-state index is -0.330. The Morgan fingerprint density at radius 3 is 2.73 bits per heavy atom. The van der Waals surface area contributed by atoms with Gasteiger partial charge >= 0.3 is 5.97 Å². The number of rotatable bonds is 4. The molecule has 0 aromatic heterocycles. The Morgan fingerprint density at radius 1 is 1.40 bits per heavy atom. The molecule has 0 saturated carbocycles. The van der Waals surface area contributed by atoms with E-state index in [9.17, 15) is 9.59 Å². The lowest BCUT2D eigenvalue weighted by Gasteiger charge is -2.22. The first-order valence-corrected chi connectivity index (χ1v) is 5.66. The van der Waals surface area contributed by atoms with Crippen LogP contribution >= 0.6 is 0 Å². The Labute approximate surface area is 90.6 Å². The number of hydrogen-bond acceptors (Lipinski definition) is 3. The Morgan fingerprint density at radius 2 is 2.13 bits per heavy atom. The van der Waals surface area contributed by atoms with Crippen LogP contribution in [0.4, 0.5) is 0 Å². The van der Waals surface area contributed by atoms with Crippen molar-refractivity contribution in [3.63, 3.8) is 0 Å². The van der Waals surface area contributed by atoms with Gasteiger partial charge in [-0.25, -0.2) is 4.79 Å². The van der Waals surface area contributed by atoms with Gasteiger partial charge in [0.25, 0.3) is 0 Å². The third-order valence-electron chi connectivity index (χ3n) is 2.60. The molecule has 1 fully saturated rings. The molecule has 4 nitrogen and oxygen atoms in total. The van der Waals surface area contributed by atoms with Gasteiger partial charge in [-0.1, -0.05) is 13.8 Å². The van der Waals surface area contributed by atoms with Crippen LogP contribution in [0.1, 0.15) is 39.5 Å². The summed E-state index contributed by atoms with van der Waals surface area (Å²) in [6.45, 7) is 4.91. The molecule has 0 spiro atoms. The van der Waals surface area contributed by atoms with Crippen LogP contribution in [0.15, 0.2) is 0 Å². The van der Waals surface area contributed by atoms with Crippen LogP contribution in [-0.2, 0) is 14.3 Å².